The summed E-state index contributed by atoms with van der Waals surface area (Å²) in [7, 11) is 4.17. The third-order valence-corrected chi connectivity index (χ3v) is 3.00. The lowest BCUT2D eigenvalue weighted by atomic mass is 10.1. The molecule has 0 amide bonds. The van der Waals surface area contributed by atoms with Crippen LogP contribution in [0, 0.1) is 0 Å². The van der Waals surface area contributed by atoms with Crippen LogP contribution in [0.25, 0.3) is 0 Å². The van der Waals surface area contributed by atoms with Crippen LogP contribution in [0.2, 0.25) is 0 Å². The van der Waals surface area contributed by atoms with E-state index < -0.39 is 12.0 Å². The maximum absolute atomic E-state index is 10.8. The summed E-state index contributed by atoms with van der Waals surface area (Å²) >= 11 is 0. The van der Waals surface area contributed by atoms with Gasteiger partial charge in [0.05, 0.1) is 0 Å². The van der Waals surface area contributed by atoms with Crippen LogP contribution < -0.4 is 16.4 Å². The first-order valence-corrected chi connectivity index (χ1v) is 5.17. The lowest BCUT2D eigenvalue weighted by molar-refractivity contribution is -0.139. The van der Waals surface area contributed by atoms with Gasteiger partial charge >= 0.3 is 5.97 Å². The van der Waals surface area contributed by atoms with Gasteiger partial charge in [0.25, 0.3) is 0 Å². The predicted octanol–water partition coefficient (Wildman–Crippen LogP) is -0.0157. The molecule has 0 bridgehead atoms. The van der Waals surface area contributed by atoms with E-state index in [0.717, 1.165) is 10.9 Å². The monoisotopic (exact) mass is 226 g/mol. The van der Waals surface area contributed by atoms with Crippen molar-refractivity contribution in [3.8, 4) is 0 Å². The van der Waals surface area contributed by atoms with Crippen LogP contribution in [0.3, 0.4) is 0 Å². The first kappa shape index (κ1) is 12.0. The van der Waals surface area contributed by atoms with Crippen LogP contribution in [0.4, 0.5) is 5.69 Å². The lowest BCUT2D eigenvalue weighted by Gasteiger charge is -2.13. The van der Waals surface area contributed by atoms with E-state index in [-0.39, 0.29) is 0 Å². The number of nitrogens with two attached hydrogens (primary N) is 1. The first-order valence-electron chi connectivity index (χ1n) is 4.59. The molecule has 0 aliphatic rings. The maximum Gasteiger partial charge on any atom is 0.321 e. The third kappa shape index (κ3) is 2.91. The number of rotatable bonds is 4. The molecule has 0 saturated carbocycles. The normalized spacial score (nSPS) is 12.4. The summed E-state index contributed by atoms with van der Waals surface area (Å²) in [6, 6.07) is 4.92. The van der Waals surface area contributed by atoms with Crippen LogP contribution in [-0.4, -0.2) is 24.2 Å². The molecule has 0 aliphatic carbocycles. The standard InChI is InChI=1S/C10H15N2O2P/c1-12-8(10(13)14)5-6-3-2-4-7(11)9(6)15/h2-4,8,12H,5,11,15H2,1H3,(H,13,14). The van der Waals surface area contributed by atoms with Crippen molar-refractivity contribution in [1.82, 2.24) is 5.32 Å². The number of anilines is 1. The Morgan fingerprint density at radius 3 is 2.87 bits per heavy atom. The highest BCUT2D eigenvalue weighted by Gasteiger charge is 2.16. The number of nitrogen functional groups attached to an aromatic ring is 1. The number of carboxylic acids is 1. The zero-order valence-electron chi connectivity index (χ0n) is 8.53. The fourth-order valence-corrected chi connectivity index (χ4v) is 1.65. The lowest BCUT2D eigenvalue weighted by Crippen LogP contribution is -2.36. The van der Waals surface area contributed by atoms with Gasteiger partial charge in [0.15, 0.2) is 0 Å². The number of hydrogen-bond acceptors (Lipinski definition) is 3. The number of benzene rings is 1. The van der Waals surface area contributed by atoms with Crippen molar-refractivity contribution in [2.75, 3.05) is 12.8 Å². The second kappa shape index (κ2) is 5.10. The molecule has 1 aromatic carbocycles. The molecule has 5 heteroatoms. The van der Waals surface area contributed by atoms with E-state index in [2.05, 4.69) is 14.6 Å². The van der Waals surface area contributed by atoms with Gasteiger partial charge in [-0.15, -0.1) is 9.24 Å². The minimum absolute atomic E-state index is 0.426. The minimum Gasteiger partial charge on any atom is -0.480 e. The van der Waals surface area contributed by atoms with Gasteiger partial charge in [-0.1, -0.05) is 12.1 Å². The van der Waals surface area contributed by atoms with Gasteiger partial charge in [-0.25, -0.2) is 0 Å². The predicted molar refractivity (Wildman–Crippen MR) is 64.4 cm³/mol. The van der Waals surface area contributed by atoms with E-state index in [9.17, 15) is 4.79 Å². The number of hydrogen-bond donors (Lipinski definition) is 3. The molecular formula is C10H15N2O2P. The van der Waals surface area contributed by atoms with Gasteiger partial charge in [-0.3, -0.25) is 4.79 Å². The molecule has 4 nitrogen and oxygen atoms in total. The van der Waals surface area contributed by atoms with E-state index in [1.807, 2.05) is 12.1 Å². The molecule has 0 spiro atoms. The van der Waals surface area contributed by atoms with Crippen molar-refractivity contribution in [2.45, 2.75) is 12.5 Å². The zero-order chi connectivity index (χ0) is 11.4. The Kier molecular flexibility index (Phi) is 4.06. The van der Waals surface area contributed by atoms with E-state index >= 15 is 0 Å². The van der Waals surface area contributed by atoms with Crippen LogP contribution >= 0.6 is 9.24 Å². The van der Waals surface area contributed by atoms with Gasteiger partial charge in [-0.2, -0.15) is 0 Å². The van der Waals surface area contributed by atoms with Crippen molar-refractivity contribution in [3.63, 3.8) is 0 Å². The molecule has 4 N–H and O–H groups in total. The van der Waals surface area contributed by atoms with Crippen molar-refractivity contribution in [2.24, 2.45) is 0 Å². The Bertz CT molecular complexity index is 368. The molecular weight excluding hydrogens is 211 g/mol. The number of nitrogens with one attached hydrogen (secondary N) is 1. The quantitative estimate of drug-likeness (QED) is 0.498. The highest BCUT2D eigenvalue weighted by Crippen LogP contribution is 2.10. The second-order valence-electron chi connectivity index (χ2n) is 3.30. The molecule has 0 saturated heterocycles. The minimum atomic E-state index is -0.857. The van der Waals surface area contributed by atoms with E-state index in [1.165, 1.54) is 0 Å². The van der Waals surface area contributed by atoms with Gasteiger partial charge < -0.3 is 16.2 Å². The number of likely N-dealkylation sites (N-methyl/N-ethyl adjacent to an activating group) is 1. The largest absolute Gasteiger partial charge is 0.480 e. The summed E-state index contributed by atoms with van der Waals surface area (Å²) in [6.45, 7) is 0. The molecule has 0 radical (unpaired) electrons. The highest BCUT2D eigenvalue weighted by atomic mass is 31.0. The Hall–Kier alpha value is -1.12. The summed E-state index contributed by atoms with van der Waals surface area (Å²) in [5, 5.41) is 12.5. The summed E-state index contributed by atoms with van der Waals surface area (Å²) in [5.74, 6) is -0.857. The third-order valence-electron chi connectivity index (χ3n) is 2.30. The topological polar surface area (TPSA) is 75.3 Å². The highest BCUT2D eigenvalue weighted by molar-refractivity contribution is 7.28. The fourth-order valence-electron chi connectivity index (χ4n) is 1.34. The smallest absolute Gasteiger partial charge is 0.321 e. The summed E-state index contributed by atoms with van der Waals surface area (Å²) in [4.78, 5) is 10.8. The number of carboxylic acid groups (broad SMARTS) is 1. The van der Waals surface area contributed by atoms with Crippen molar-refractivity contribution in [1.29, 1.82) is 0 Å². The zero-order valence-corrected chi connectivity index (χ0v) is 9.68. The van der Waals surface area contributed by atoms with Gasteiger partial charge in [0, 0.05) is 5.69 Å². The summed E-state index contributed by atoms with van der Waals surface area (Å²) in [5.41, 5.74) is 7.32. The van der Waals surface area contributed by atoms with Gasteiger partial charge in [-0.05, 0) is 30.4 Å². The van der Waals surface area contributed by atoms with Crippen LogP contribution in [0.15, 0.2) is 18.2 Å². The molecule has 0 fully saturated rings. The Balaban J connectivity index is 2.88. The van der Waals surface area contributed by atoms with Crippen LogP contribution in [-0.2, 0) is 11.2 Å². The van der Waals surface area contributed by atoms with Crippen molar-refractivity contribution < 1.29 is 9.90 Å². The molecule has 2 unspecified atom stereocenters. The molecule has 0 heterocycles. The molecule has 0 aromatic heterocycles. The Morgan fingerprint density at radius 1 is 1.67 bits per heavy atom. The molecule has 1 aromatic rings. The average Bonchev–Trinajstić information content (AvgIpc) is 2.19. The fraction of sp³-hybridized carbons (Fsp3) is 0.300. The second-order valence-corrected chi connectivity index (χ2v) is 3.88. The van der Waals surface area contributed by atoms with Gasteiger partial charge in [0.1, 0.15) is 6.04 Å². The Labute approximate surface area is 91.1 Å². The molecule has 1 rings (SSSR count). The van der Waals surface area contributed by atoms with Crippen LogP contribution in [0.5, 0.6) is 0 Å². The first-order chi connectivity index (χ1) is 7.06. The van der Waals surface area contributed by atoms with E-state index in [4.69, 9.17) is 10.8 Å². The van der Waals surface area contributed by atoms with Crippen molar-refractivity contribution >= 4 is 26.2 Å². The van der Waals surface area contributed by atoms with E-state index in [1.54, 1.807) is 13.1 Å². The van der Waals surface area contributed by atoms with Crippen LogP contribution in [0.1, 0.15) is 5.56 Å². The average molecular weight is 226 g/mol. The van der Waals surface area contributed by atoms with Gasteiger partial charge in [0.2, 0.25) is 0 Å². The molecule has 2 atom stereocenters. The summed E-state index contributed by atoms with van der Waals surface area (Å²) in [6.07, 6.45) is 0.426. The Morgan fingerprint density at radius 2 is 2.33 bits per heavy atom. The molecule has 15 heavy (non-hydrogen) atoms. The number of carbonyl (C=O) groups is 1. The number of aliphatic carboxylic acids is 1. The summed E-state index contributed by atoms with van der Waals surface area (Å²) < 4.78 is 0. The van der Waals surface area contributed by atoms with E-state index in [0.29, 0.717) is 12.1 Å². The van der Waals surface area contributed by atoms with Crippen molar-refractivity contribution in [3.05, 3.63) is 23.8 Å². The molecule has 82 valence electrons. The molecule has 0 aliphatic heterocycles. The maximum atomic E-state index is 10.8. The SMILES string of the molecule is CNC(Cc1cccc(N)c1P)C(=O)O.